The van der Waals surface area contributed by atoms with Crippen LogP contribution in [0.5, 0.6) is 0 Å². The first-order valence-electron chi connectivity index (χ1n) is 12.1. The number of aliphatic hydroxyl groups excluding tert-OH is 2. The van der Waals surface area contributed by atoms with Crippen LogP contribution >= 0.6 is 0 Å². The average molecular weight is 481 g/mol. The fourth-order valence-electron chi connectivity index (χ4n) is 4.50. The molecular weight excluding hydrogens is 448 g/mol. The lowest BCUT2D eigenvalue weighted by Gasteiger charge is -2.34. The third-order valence-corrected chi connectivity index (χ3v) is 6.59. The van der Waals surface area contributed by atoms with Gasteiger partial charge >= 0.3 is 0 Å². The second-order valence-corrected chi connectivity index (χ2v) is 8.81. The van der Waals surface area contributed by atoms with Crippen molar-refractivity contribution in [1.82, 2.24) is 29.7 Å². The van der Waals surface area contributed by atoms with E-state index in [9.17, 15) is 0 Å². The van der Waals surface area contributed by atoms with Gasteiger partial charge in [0.25, 0.3) is 0 Å². The van der Waals surface area contributed by atoms with Crippen molar-refractivity contribution < 1.29 is 14.6 Å². The zero-order valence-corrected chi connectivity index (χ0v) is 19.8. The Morgan fingerprint density at radius 2 is 0.971 bits per heavy atom. The highest BCUT2D eigenvalue weighted by atomic mass is 16.3. The minimum atomic E-state index is 0.191. The van der Waals surface area contributed by atoms with Crippen molar-refractivity contribution in [3.8, 4) is 22.6 Å². The number of anilines is 2. The molecule has 35 heavy (non-hydrogen) atoms. The van der Waals surface area contributed by atoms with Crippen LogP contribution in [-0.4, -0.2) is 119 Å². The first-order valence-corrected chi connectivity index (χ1v) is 12.1. The molecule has 5 heterocycles. The summed E-state index contributed by atoms with van der Waals surface area (Å²) in [5.41, 5.74) is 1.63. The van der Waals surface area contributed by atoms with Gasteiger partial charge in [-0.25, -0.2) is 19.9 Å². The number of β-amino-alcohol motifs (C(OH)–C–C–N with tert-alkyl or cyclic N) is 2. The average Bonchev–Trinajstić information content (AvgIpc) is 3.41. The molecule has 0 saturated carbocycles. The second-order valence-electron chi connectivity index (χ2n) is 8.81. The van der Waals surface area contributed by atoms with Crippen molar-refractivity contribution >= 4 is 11.9 Å². The number of aliphatic hydroxyl groups is 2. The fourth-order valence-corrected chi connectivity index (χ4v) is 4.50. The lowest BCUT2D eigenvalue weighted by atomic mass is 10.2. The van der Waals surface area contributed by atoms with Gasteiger partial charge in [-0.05, 0) is 12.1 Å². The van der Waals surface area contributed by atoms with E-state index >= 15 is 0 Å². The molecule has 2 aliphatic heterocycles. The topological polar surface area (TPSA) is 118 Å². The third kappa shape index (κ3) is 5.59. The summed E-state index contributed by atoms with van der Waals surface area (Å²) < 4.78 is 6.06. The van der Waals surface area contributed by atoms with Gasteiger partial charge in [0.05, 0.1) is 24.3 Å². The number of furan rings is 1. The molecule has 0 spiro atoms. The number of nitrogens with zero attached hydrogens (tertiary/aromatic N) is 8. The van der Waals surface area contributed by atoms with Gasteiger partial charge in [-0.15, -0.1) is 0 Å². The summed E-state index contributed by atoms with van der Waals surface area (Å²) in [5, 5.41) is 18.2. The van der Waals surface area contributed by atoms with E-state index in [1.54, 1.807) is 24.8 Å². The van der Waals surface area contributed by atoms with Crippen molar-refractivity contribution in [2.45, 2.75) is 0 Å². The predicted molar refractivity (Wildman–Crippen MR) is 132 cm³/mol. The van der Waals surface area contributed by atoms with E-state index < -0.39 is 0 Å². The van der Waals surface area contributed by atoms with Gasteiger partial charge in [-0.2, -0.15) is 0 Å². The van der Waals surface area contributed by atoms with Crippen molar-refractivity contribution in [3.05, 3.63) is 36.9 Å². The number of rotatable bonds is 8. The summed E-state index contributed by atoms with van der Waals surface area (Å²) >= 11 is 0. The Morgan fingerprint density at radius 3 is 1.31 bits per heavy atom. The molecule has 5 rings (SSSR count). The van der Waals surface area contributed by atoms with E-state index in [1.165, 1.54) is 0 Å². The van der Waals surface area contributed by atoms with Crippen LogP contribution in [0.4, 0.5) is 11.9 Å². The molecule has 0 aromatic carbocycles. The van der Waals surface area contributed by atoms with E-state index in [2.05, 4.69) is 39.5 Å². The molecule has 3 aromatic rings. The largest absolute Gasteiger partial charge is 0.456 e. The highest BCUT2D eigenvalue weighted by molar-refractivity contribution is 5.63. The molecule has 0 atom stereocenters. The van der Waals surface area contributed by atoms with Crippen molar-refractivity contribution in [1.29, 1.82) is 0 Å². The summed E-state index contributed by atoms with van der Waals surface area (Å²) in [6.45, 7) is 8.78. The maximum absolute atomic E-state index is 9.10. The SMILES string of the molecule is OCCN1CCN(c2ncc(-c3ccc(-c4cnc(N5CCN(CCO)CC5)nc4)o3)cn2)CC1. The Hall–Kier alpha value is -3.12. The van der Waals surface area contributed by atoms with E-state index in [4.69, 9.17) is 14.6 Å². The van der Waals surface area contributed by atoms with Crippen LogP contribution in [0.25, 0.3) is 22.6 Å². The molecule has 186 valence electrons. The molecule has 0 unspecified atom stereocenters. The second kappa shape index (κ2) is 11.1. The van der Waals surface area contributed by atoms with Crippen LogP contribution in [0.3, 0.4) is 0 Å². The first kappa shape index (κ1) is 23.6. The Morgan fingerprint density at radius 1 is 0.600 bits per heavy atom. The highest BCUT2D eigenvalue weighted by Gasteiger charge is 2.20. The summed E-state index contributed by atoms with van der Waals surface area (Å²) in [6.07, 6.45) is 7.17. The van der Waals surface area contributed by atoms with E-state index in [-0.39, 0.29) is 13.2 Å². The molecule has 0 amide bonds. The molecule has 2 aliphatic rings. The van der Waals surface area contributed by atoms with Crippen LogP contribution in [-0.2, 0) is 0 Å². The monoisotopic (exact) mass is 480 g/mol. The number of hydrogen-bond acceptors (Lipinski definition) is 11. The predicted octanol–water partition coefficient (Wildman–Crippen LogP) is 0.422. The van der Waals surface area contributed by atoms with E-state index in [1.807, 2.05) is 12.1 Å². The molecular formula is C24H32N8O3. The van der Waals surface area contributed by atoms with Gasteiger partial charge in [0.1, 0.15) is 11.5 Å². The van der Waals surface area contributed by atoms with Crippen LogP contribution in [0.1, 0.15) is 0 Å². The Balaban J connectivity index is 1.19. The minimum Gasteiger partial charge on any atom is -0.456 e. The van der Waals surface area contributed by atoms with Crippen LogP contribution < -0.4 is 9.80 Å². The Bertz CT molecular complexity index is 975. The van der Waals surface area contributed by atoms with Gasteiger partial charge in [-0.1, -0.05) is 0 Å². The van der Waals surface area contributed by atoms with Crippen LogP contribution in [0.2, 0.25) is 0 Å². The summed E-state index contributed by atoms with van der Waals surface area (Å²) in [6, 6.07) is 3.82. The summed E-state index contributed by atoms with van der Waals surface area (Å²) in [4.78, 5) is 27.0. The third-order valence-electron chi connectivity index (χ3n) is 6.59. The van der Waals surface area contributed by atoms with Gasteiger partial charge in [-0.3, -0.25) is 9.80 Å². The molecule has 0 aliphatic carbocycles. The maximum Gasteiger partial charge on any atom is 0.225 e. The zero-order valence-electron chi connectivity index (χ0n) is 19.8. The van der Waals surface area contributed by atoms with Gasteiger partial charge < -0.3 is 24.4 Å². The molecule has 11 heteroatoms. The van der Waals surface area contributed by atoms with Crippen molar-refractivity contribution in [2.75, 3.05) is 88.5 Å². The normalized spacial score (nSPS) is 17.8. The molecule has 0 bridgehead atoms. The smallest absolute Gasteiger partial charge is 0.225 e. The summed E-state index contributed by atoms with van der Waals surface area (Å²) in [7, 11) is 0. The fraction of sp³-hybridized carbons (Fsp3) is 0.500. The standard InChI is InChI=1S/C24H32N8O3/c33-13-11-29-3-7-31(8-4-29)23-25-15-19(16-26-23)21-1-2-22(35-21)20-17-27-24(28-18-20)32-9-5-30(6-10-32)12-14-34/h1-2,15-18,33-34H,3-14H2. The van der Waals surface area contributed by atoms with Crippen molar-refractivity contribution in [2.24, 2.45) is 0 Å². The summed E-state index contributed by atoms with van der Waals surface area (Å²) in [5.74, 6) is 2.82. The molecule has 2 N–H and O–H groups in total. The number of hydrogen-bond donors (Lipinski definition) is 2. The Labute approximate surface area is 204 Å². The minimum absolute atomic E-state index is 0.191. The van der Waals surface area contributed by atoms with Gasteiger partial charge in [0.2, 0.25) is 11.9 Å². The molecule has 11 nitrogen and oxygen atoms in total. The lowest BCUT2D eigenvalue weighted by Crippen LogP contribution is -2.47. The molecule has 3 aromatic heterocycles. The highest BCUT2D eigenvalue weighted by Crippen LogP contribution is 2.28. The maximum atomic E-state index is 9.10. The molecule has 2 fully saturated rings. The first-order chi connectivity index (χ1) is 17.2. The van der Waals surface area contributed by atoms with E-state index in [0.717, 1.165) is 63.5 Å². The van der Waals surface area contributed by atoms with Crippen LogP contribution in [0.15, 0.2) is 41.3 Å². The lowest BCUT2D eigenvalue weighted by molar-refractivity contribution is 0.188. The quantitative estimate of drug-likeness (QED) is 0.467. The van der Waals surface area contributed by atoms with Crippen molar-refractivity contribution in [3.63, 3.8) is 0 Å². The Kier molecular flexibility index (Phi) is 7.48. The number of aromatic nitrogens is 4. The zero-order chi connectivity index (χ0) is 24.0. The molecule has 2 saturated heterocycles. The van der Waals surface area contributed by atoms with Crippen LogP contribution in [0, 0.1) is 0 Å². The number of piperazine rings is 2. The van der Waals surface area contributed by atoms with Gasteiger partial charge in [0, 0.05) is 90.2 Å². The van der Waals surface area contributed by atoms with Gasteiger partial charge in [0.15, 0.2) is 0 Å². The molecule has 0 radical (unpaired) electrons. The van der Waals surface area contributed by atoms with E-state index in [0.29, 0.717) is 36.5 Å².